The Morgan fingerprint density at radius 2 is 1.90 bits per heavy atom. The SMILES string of the molecule is COc1cc2sc(C(=O)Nc3nnn[nH]3)c(Sc3ccc(Cl)c(Cl)c3)c2cc1OC. The smallest absolute Gasteiger partial charge is 0.269 e. The predicted molar refractivity (Wildman–Crippen MR) is 118 cm³/mol. The van der Waals surface area contributed by atoms with Gasteiger partial charge in [-0.05, 0) is 34.7 Å². The summed E-state index contributed by atoms with van der Waals surface area (Å²) in [6, 6.07) is 8.98. The number of carbonyl (C=O) groups is 1. The summed E-state index contributed by atoms with van der Waals surface area (Å²) in [6.07, 6.45) is 0. The van der Waals surface area contributed by atoms with Gasteiger partial charge in [0.25, 0.3) is 5.91 Å². The Bertz CT molecular complexity index is 1230. The zero-order chi connectivity index (χ0) is 21.3. The third kappa shape index (κ3) is 4.04. The van der Waals surface area contributed by atoms with Gasteiger partial charge in [0, 0.05) is 25.9 Å². The van der Waals surface area contributed by atoms with Crippen molar-refractivity contribution in [2.24, 2.45) is 0 Å². The van der Waals surface area contributed by atoms with Gasteiger partial charge in [-0.15, -0.1) is 11.3 Å². The highest BCUT2D eigenvalue weighted by atomic mass is 35.5. The quantitative estimate of drug-likeness (QED) is 0.392. The molecule has 0 saturated heterocycles. The van der Waals surface area contributed by atoms with E-state index in [1.54, 1.807) is 26.4 Å². The molecule has 2 N–H and O–H groups in total. The molecule has 2 heterocycles. The van der Waals surface area contributed by atoms with Crippen LogP contribution < -0.4 is 14.8 Å². The predicted octanol–water partition coefficient (Wildman–Crippen LogP) is 5.14. The first-order valence-electron chi connectivity index (χ1n) is 8.36. The van der Waals surface area contributed by atoms with Gasteiger partial charge in [0.05, 0.1) is 24.3 Å². The summed E-state index contributed by atoms with van der Waals surface area (Å²) in [6.45, 7) is 0. The van der Waals surface area contributed by atoms with E-state index < -0.39 is 0 Å². The van der Waals surface area contributed by atoms with Crippen LogP contribution in [0.4, 0.5) is 5.95 Å². The Labute approximate surface area is 188 Å². The van der Waals surface area contributed by atoms with E-state index in [4.69, 9.17) is 32.7 Å². The summed E-state index contributed by atoms with van der Waals surface area (Å²) in [7, 11) is 3.12. The van der Waals surface area contributed by atoms with Crippen molar-refractivity contribution in [2.45, 2.75) is 9.79 Å². The van der Waals surface area contributed by atoms with Gasteiger partial charge in [0.1, 0.15) is 4.88 Å². The number of H-pyrrole nitrogens is 1. The van der Waals surface area contributed by atoms with E-state index in [2.05, 4.69) is 25.9 Å². The minimum absolute atomic E-state index is 0.151. The third-order valence-corrected chi connectivity index (χ3v) is 7.18. The molecule has 0 aliphatic heterocycles. The van der Waals surface area contributed by atoms with Gasteiger partial charge in [-0.3, -0.25) is 10.1 Å². The van der Waals surface area contributed by atoms with Crippen molar-refractivity contribution >= 4 is 68.2 Å². The lowest BCUT2D eigenvalue weighted by atomic mass is 10.2. The van der Waals surface area contributed by atoms with Crippen LogP contribution in [0.2, 0.25) is 10.0 Å². The molecule has 30 heavy (non-hydrogen) atoms. The van der Waals surface area contributed by atoms with Crippen LogP contribution in [-0.2, 0) is 0 Å². The molecule has 0 atom stereocenters. The van der Waals surface area contributed by atoms with E-state index in [1.165, 1.54) is 23.1 Å². The summed E-state index contributed by atoms with van der Waals surface area (Å²) < 4.78 is 11.7. The molecule has 12 heteroatoms. The normalized spacial score (nSPS) is 10.9. The molecule has 0 saturated carbocycles. The van der Waals surface area contributed by atoms with Crippen molar-refractivity contribution in [3.8, 4) is 11.5 Å². The first-order valence-corrected chi connectivity index (χ1v) is 10.8. The minimum atomic E-state index is -0.352. The fourth-order valence-electron chi connectivity index (χ4n) is 2.69. The highest BCUT2D eigenvalue weighted by molar-refractivity contribution is 7.99. The number of carbonyl (C=O) groups excluding carboxylic acids is 1. The Kier molecular flexibility index (Phi) is 6.00. The number of methoxy groups -OCH3 is 2. The number of hydrogen-bond donors (Lipinski definition) is 2. The van der Waals surface area contributed by atoms with E-state index >= 15 is 0 Å². The summed E-state index contributed by atoms with van der Waals surface area (Å²) in [5.41, 5.74) is 0. The monoisotopic (exact) mass is 481 g/mol. The number of anilines is 1. The van der Waals surface area contributed by atoms with Crippen LogP contribution in [0.15, 0.2) is 40.1 Å². The van der Waals surface area contributed by atoms with Crippen LogP contribution in [0.1, 0.15) is 9.67 Å². The van der Waals surface area contributed by atoms with Crippen molar-refractivity contribution in [3.05, 3.63) is 45.3 Å². The Hall–Kier alpha value is -2.53. The summed E-state index contributed by atoms with van der Waals surface area (Å²) >= 11 is 14.9. The van der Waals surface area contributed by atoms with Crippen molar-refractivity contribution in [1.29, 1.82) is 0 Å². The molecule has 0 aliphatic rings. The van der Waals surface area contributed by atoms with Gasteiger partial charge in [0.15, 0.2) is 11.5 Å². The Balaban J connectivity index is 1.84. The second-order valence-corrected chi connectivity index (χ2v) is 8.80. The molecule has 0 bridgehead atoms. The molecule has 154 valence electrons. The second-order valence-electron chi connectivity index (χ2n) is 5.85. The van der Waals surface area contributed by atoms with Crippen molar-refractivity contribution in [2.75, 3.05) is 19.5 Å². The summed E-state index contributed by atoms with van der Waals surface area (Å²) in [4.78, 5) is 15.0. The first kappa shape index (κ1) is 20.7. The molecule has 0 radical (unpaired) electrons. The van der Waals surface area contributed by atoms with Gasteiger partial charge in [-0.2, -0.15) is 0 Å². The number of nitrogens with zero attached hydrogens (tertiary/aromatic N) is 3. The van der Waals surface area contributed by atoms with E-state index in [-0.39, 0.29) is 11.9 Å². The third-order valence-electron chi connectivity index (χ3n) is 4.04. The van der Waals surface area contributed by atoms with Crippen LogP contribution in [-0.4, -0.2) is 40.8 Å². The van der Waals surface area contributed by atoms with Gasteiger partial charge < -0.3 is 9.47 Å². The van der Waals surface area contributed by atoms with Crippen LogP contribution in [0, 0.1) is 0 Å². The molecule has 2 aromatic carbocycles. The molecule has 2 aromatic heterocycles. The van der Waals surface area contributed by atoms with E-state index in [1.807, 2.05) is 18.2 Å². The lowest BCUT2D eigenvalue weighted by molar-refractivity contribution is 0.102. The van der Waals surface area contributed by atoms with E-state index in [0.29, 0.717) is 26.4 Å². The summed E-state index contributed by atoms with van der Waals surface area (Å²) in [5.74, 6) is 0.933. The molecule has 0 aliphatic carbocycles. The number of benzene rings is 2. The van der Waals surface area contributed by atoms with E-state index in [9.17, 15) is 4.79 Å². The fraction of sp³-hybridized carbons (Fsp3) is 0.111. The zero-order valence-corrected chi connectivity index (χ0v) is 18.7. The van der Waals surface area contributed by atoms with Gasteiger partial charge in [-0.25, -0.2) is 5.10 Å². The maximum Gasteiger partial charge on any atom is 0.269 e. The number of halogens is 2. The second kappa shape index (κ2) is 8.68. The molecule has 8 nitrogen and oxygen atoms in total. The van der Waals surface area contributed by atoms with Gasteiger partial charge in [0.2, 0.25) is 5.95 Å². The number of tetrazole rings is 1. The molecule has 1 amide bonds. The highest BCUT2D eigenvalue weighted by Gasteiger charge is 2.23. The van der Waals surface area contributed by atoms with Crippen LogP contribution in [0.3, 0.4) is 0 Å². The van der Waals surface area contributed by atoms with Gasteiger partial charge in [-0.1, -0.05) is 40.1 Å². The first-order chi connectivity index (χ1) is 14.5. The fourth-order valence-corrected chi connectivity index (χ4v) is 5.38. The maximum absolute atomic E-state index is 13.0. The van der Waals surface area contributed by atoms with Gasteiger partial charge >= 0.3 is 0 Å². The van der Waals surface area contributed by atoms with Crippen LogP contribution >= 0.6 is 46.3 Å². The molecule has 4 aromatic rings. The highest BCUT2D eigenvalue weighted by Crippen LogP contribution is 2.46. The van der Waals surface area contributed by atoms with Crippen molar-refractivity contribution in [1.82, 2.24) is 20.6 Å². The number of hydrogen-bond acceptors (Lipinski definition) is 8. The molecule has 0 spiro atoms. The number of thiophene rings is 1. The molecule has 4 rings (SSSR count). The topological polar surface area (TPSA) is 102 Å². The zero-order valence-electron chi connectivity index (χ0n) is 15.5. The van der Waals surface area contributed by atoms with Crippen LogP contribution in [0.5, 0.6) is 11.5 Å². The largest absolute Gasteiger partial charge is 0.493 e. The average molecular weight is 482 g/mol. The Morgan fingerprint density at radius 1 is 1.13 bits per heavy atom. The van der Waals surface area contributed by atoms with E-state index in [0.717, 1.165) is 19.9 Å². The number of ether oxygens (including phenoxy) is 2. The number of rotatable bonds is 6. The lowest BCUT2D eigenvalue weighted by Crippen LogP contribution is -2.12. The van der Waals surface area contributed by atoms with Crippen LogP contribution in [0.25, 0.3) is 10.1 Å². The standard InChI is InChI=1S/C18H13Cl2N5O3S2/c1-27-12-6-9-14(7-13(12)28-2)30-16(17(26)21-18-22-24-25-23-18)15(9)29-8-3-4-10(19)11(20)5-8/h3-7H,1-2H3,(H2,21,22,23,24,25,26). The Morgan fingerprint density at radius 3 is 2.57 bits per heavy atom. The minimum Gasteiger partial charge on any atom is -0.493 e. The number of fused-ring (bicyclic) bond motifs is 1. The average Bonchev–Trinajstić information content (AvgIpc) is 3.37. The lowest BCUT2D eigenvalue weighted by Gasteiger charge is -2.09. The number of aromatic amines is 1. The van der Waals surface area contributed by atoms with Crippen molar-refractivity contribution < 1.29 is 14.3 Å². The molecule has 0 fully saturated rings. The number of aromatic nitrogens is 4. The molecule has 0 unspecified atom stereocenters. The maximum atomic E-state index is 13.0. The number of nitrogens with one attached hydrogen (secondary N) is 2. The van der Waals surface area contributed by atoms with Crippen molar-refractivity contribution in [3.63, 3.8) is 0 Å². The molecular formula is C18H13Cl2N5O3S2. The molecular weight excluding hydrogens is 469 g/mol. The number of amides is 1. The summed E-state index contributed by atoms with van der Waals surface area (Å²) in [5, 5.41) is 17.5.